The molecule has 254 valence electrons. The zero-order valence-corrected chi connectivity index (χ0v) is 25.7. The first-order valence-corrected chi connectivity index (χ1v) is 15.1. The van der Waals surface area contributed by atoms with Gasteiger partial charge in [-0.3, -0.25) is 9.59 Å². The molecule has 5 rings (SSSR count). The lowest BCUT2D eigenvalue weighted by Gasteiger charge is -2.37. The fourth-order valence-corrected chi connectivity index (χ4v) is 6.41. The summed E-state index contributed by atoms with van der Waals surface area (Å²) in [7, 11) is 3.10. The number of carbonyl (C=O) groups is 2. The van der Waals surface area contributed by atoms with Gasteiger partial charge in [0.15, 0.2) is 5.82 Å². The summed E-state index contributed by atoms with van der Waals surface area (Å²) in [6, 6.07) is 7.50. The maximum absolute atomic E-state index is 13.9. The number of benzene rings is 2. The summed E-state index contributed by atoms with van der Waals surface area (Å²) in [5, 5.41) is 14.9. The van der Waals surface area contributed by atoms with Gasteiger partial charge < -0.3 is 15.1 Å². The molecule has 0 radical (unpaired) electrons. The van der Waals surface area contributed by atoms with Crippen molar-refractivity contribution < 1.29 is 40.3 Å². The van der Waals surface area contributed by atoms with Crippen LogP contribution in [0.4, 0.5) is 30.7 Å². The van der Waals surface area contributed by atoms with Gasteiger partial charge in [-0.1, -0.05) is 12.1 Å². The maximum Gasteiger partial charge on any atom is 0.416 e. The molecule has 2 atom stereocenters. The third-order valence-corrected chi connectivity index (χ3v) is 9.07. The Morgan fingerprint density at radius 2 is 1.57 bits per heavy atom. The summed E-state index contributed by atoms with van der Waals surface area (Å²) in [6.45, 7) is 0.551. The van der Waals surface area contributed by atoms with Crippen molar-refractivity contribution in [3.63, 3.8) is 0 Å². The minimum absolute atomic E-state index is 0.0188. The molecule has 47 heavy (non-hydrogen) atoms. The number of hydrogen-bond acceptors (Lipinski definition) is 6. The Labute approximate surface area is 266 Å². The number of hydrogen-bond donors (Lipinski definition) is 1. The molecule has 2 aliphatic rings. The van der Waals surface area contributed by atoms with Crippen LogP contribution in [0.1, 0.15) is 66.1 Å². The number of nitrogens with one attached hydrogen (secondary N) is 1. The van der Waals surface area contributed by atoms with E-state index in [1.54, 1.807) is 26.2 Å². The summed E-state index contributed by atoms with van der Waals surface area (Å²) in [5.74, 6) is -1.04. The molecule has 2 amide bonds. The van der Waals surface area contributed by atoms with Gasteiger partial charge >= 0.3 is 12.4 Å². The molecule has 1 saturated carbocycles. The van der Waals surface area contributed by atoms with Crippen LogP contribution in [0.25, 0.3) is 0 Å². The SMILES string of the molecule is CN(C)C(=O)Cn1nnc(C2(C(=O)NCc3cc(C(F)(F)F)cc(C(F)(F)F)c3)CCC(N3CCC(c4ccc(F)cc4)CC3)C2)n1. The molecule has 2 fully saturated rings. The molecule has 2 heterocycles. The molecule has 2 aromatic carbocycles. The molecule has 1 aliphatic heterocycles. The topological polar surface area (TPSA) is 96.2 Å². The van der Waals surface area contributed by atoms with Crippen LogP contribution in [0.5, 0.6) is 0 Å². The number of nitrogens with zero attached hydrogens (tertiary/aromatic N) is 6. The van der Waals surface area contributed by atoms with E-state index in [0.29, 0.717) is 31.6 Å². The van der Waals surface area contributed by atoms with E-state index >= 15 is 0 Å². The van der Waals surface area contributed by atoms with Crippen LogP contribution >= 0.6 is 0 Å². The largest absolute Gasteiger partial charge is 0.416 e. The van der Waals surface area contributed by atoms with E-state index in [9.17, 15) is 40.3 Å². The van der Waals surface area contributed by atoms with Gasteiger partial charge in [0.25, 0.3) is 0 Å². The number of aromatic nitrogens is 4. The predicted molar refractivity (Wildman–Crippen MR) is 154 cm³/mol. The number of halogens is 7. The third-order valence-electron chi connectivity index (χ3n) is 9.07. The van der Waals surface area contributed by atoms with E-state index in [1.807, 2.05) is 0 Å². The predicted octanol–water partition coefficient (Wildman–Crippen LogP) is 4.92. The second-order valence-corrected chi connectivity index (χ2v) is 12.4. The Morgan fingerprint density at radius 1 is 0.957 bits per heavy atom. The van der Waals surface area contributed by atoms with Gasteiger partial charge in [0.2, 0.25) is 11.8 Å². The van der Waals surface area contributed by atoms with Crippen LogP contribution in [0.3, 0.4) is 0 Å². The lowest BCUT2D eigenvalue weighted by atomic mass is 9.83. The summed E-state index contributed by atoms with van der Waals surface area (Å²) in [4.78, 5) is 30.8. The third kappa shape index (κ3) is 7.74. The zero-order valence-electron chi connectivity index (χ0n) is 25.7. The van der Waals surface area contributed by atoms with Crippen molar-refractivity contribution in [2.75, 3.05) is 27.2 Å². The highest BCUT2D eigenvalue weighted by Gasteiger charge is 2.51. The van der Waals surface area contributed by atoms with E-state index in [1.165, 1.54) is 17.0 Å². The van der Waals surface area contributed by atoms with Crippen LogP contribution in [0.15, 0.2) is 42.5 Å². The smallest absolute Gasteiger partial charge is 0.351 e. The van der Waals surface area contributed by atoms with Crippen molar-refractivity contribution in [1.29, 1.82) is 0 Å². The zero-order chi connectivity index (χ0) is 34.1. The van der Waals surface area contributed by atoms with Crippen LogP contribution in [-0.2, 0) is 40.4 Å². The van der Waals surface area contributed by atoms with Crippen LogP contribution in [0.2, 0.25) is 0 Å². The van der Waals surface area contributed by atoms with Crippen molar-refractivity contribution in [2.45, 2.75) is 74.9 Å². The number of likely N-dealkylation sites (tertiary alicyclic amines) is 1. The standard InChI is InChI=1S/C31H34F7N7O2/c1-43(2)26(46)18-45-41-27(40-42-45)29(28(47)39-17-19-13-22(30(33,34)35)15-23(14-19)31(36,37)38)10-7-25(16-29)44-11-8-21(9-12-44)20-3-5-24(32)6-4-20/h3-6,13-15,21,25H,7-12,16-18H2,1-2H3,(H,39,47). The van der Waals surface area contributed by atoms with Gasteiger partial charge in [0.1, 0.15) is 17.8 Å². The molecule has 2 unspecified atom stereocenters. The highest BCUT2D eigenvalue weighted by atomic mass is 19.4. The molecule has 1 aliphatic carbocycles. The Kier molecular flexibility index (Phi) is 9.62. The Balaban J connectivity index is 1.36. The van der Waals surface area contributed by atoms with Crippen LogP contribution in [0, 0.1) is 5.82 Å². The van der Waals surface area contributed by atoms with E-state index in [0.717, 1.165) is 23.2 Å². The monoisotopic (exact) mass is 669 g/mol. The van der Waals surface area contributed by atoms with Gasteiger partial charge in [-0.15, -0.1) is 10.2 Å². The summed E-state index contributed by atoms with van der Waals surface area (Å²) in [5.41, 5.74) is -3.69. The first-order chi connectivity index (χ1) is 22.0. The van der Waals surface area contributed by atoms with Crippen molar-refractivity contribution in [2.24, 2.45) is 0 Å². The number of alkyl halides is 6. The molecule has 9 nitrogen and oxygen atoms in total. The number of likely N-dealkylation sites (N-methyl/N-ethyl adjacent to an activating group) is 1. The number of tetrazole rings is 1. The number of amides is 2. The first-order valence-electron chi connectivity index (χ1n) is 15.1. The quantitative estimate of drug-likeness (QED) is 0.342. The Bertz CT molecular complexity index is 1550. The van der Waals surface area contributed by atoms with E-state index in [-0.39, 0.29) is 60.5 Å². The Morgan fingerprint density at radius 3 is 2.15 bits per heavy atom. The van der Waals surface area contributed by atoms with Gasteiger partial charge in [-0.2, -0.15) is 31.1 Å². The molecule has 0 bridgehead atoms. The van der Waals surface area contributed by atoms with Crippen LogP contribution < -0.4 is 5.32 Å². The molecule has 16 heteroatoms. The van der Waals surface area contributed by atoms with Crippen molar-refractivity contribution in [1.82, 2.24) is 35.3 Å². The van der Waals surface area contributed by atoms with Crippen LogP contribution in [-0.4, -0.2) is 75.0 Å². The average Bonchev–Trinajstić information content (AvgIpc) is 3.68. The fourth-order valence-electron chi connectivity index (χ4n) is 6.41. The second kappa shape index (κ2) is 13.2. The summed E-state index contributed by atoms with van der Waals surface area (Å²) < 4.78 is 94.0. The van der Waals surface area contributed by atoms with Gasteiger partial charge in [0.05, 0.1) is 11.1 Å². The first kappa shape index (κ1) is 34.3. The molecule has 0 spiro atoms. The molecular weight excluding hydrogens is 635 g/mol. The van der Waals surface area contributed by atoms with Gasteiger partial charge in [-0.05, 0) is 97.8 Å². The molecular formula is C31H34F7N7O2. The van der Waals surface area contributed by atoms with Gasteiger partial charge in [0, 0.05) is 26.7 Å². The van der Waals surface area contributed by atoms with Crippen molar-refractivity contribution >= 4 is 11.8 Å². The normalized spacial score (nSPS) is 21.2. The highest BCUT2D eigenvalue weighted by Crippen LogP contribution is 2.44. The maximum atomic E-state index is 13.9. The minimum atomic E-state index is -5.03. The highest BCUT2D eigenvalue weighted by molar-refractivity contribution is 5.87. The van der Waals surface area contributed by atoms with Gasteiger partial charge in [-0.25, -0.2) is 4.39 Å². The fraction of sp³-hybridized carbons (Fsp3) is 0.516. The number of carbonyl (C=O) groups excluding carboxylic acids is 2. The minimum Gasteiger partial charge on any atom is -0.351 e. The molecule has 1 saturated heterocycles. The van der Waals surface area contributed by atoms with E-state index < -0.39 is 41.3 Å². The molecule has 1 N–H and O–H groups in total. The number of piperidine rings is 1. The number of rotatable bonds is 8. The van der Waals surface area contributed by atoms with Crippen molar-refractivity contribution in [3.05, 3.63) is 76.4 Å². The lowest BCUT2D eigenvalue weighted by Crippen LogP contribution is -2.46. The summed E-state index contributed by atoms with van der Waals surface area (Å²) >= 11 is 0. The molecule has 1 aromatic heterocycles. The van der Waals surface area contributed by atoms with E-state index in [2.05, 4.69) is 25.6 Å². The summed E-state index contributed by atoms with van der Waals surface area (Å²) in [6.07, 6.45) is -7.44. The van der Waals surface area contributed by atoms with Crippen molar-refractivity contribution in [3.8, 4) is 0 Å². The Hall–Kier alpha value is -4.08. The molecule has 3 aromatic rings. The van der Waals surface area contributed by atoms with E-state index in [4.69, 9.17) is 0 Å². The lowest BCUT2D eigenvalue weighted by molar-refractivity contribution is -0.143. The second-order valence-electron chi connectivity index (χ2n) is 12.4. The average molecular weight is 670 g/mol.